The maximum Gasteiger partial charge on any atom is 0.390 e. The van der Waals surface area contributed by atoms with Crippen LogP contribution in [0.15, 0.2) is 34.8 Å². The third-order valence-electron chi connectivity index (χ3n) is 3.55. The number of fused-ring (bicyclic) bond motifs is 1. The molecule has 1 aromatic heterocycles. The highest BCUT2D eigenvalue weighted by atomic mass is 79.9. The number of hydrogen-bond acceptors (Lipinski definition) is 5. The zero-order valence-electron chi connectivity index (χ0n) is 12.2. The third-order valence-corrected chi connectivity index (χ3v) is 4.30. The smallest absolute Gasteiger partial charge is 0.359 e. The van der Waals surface area contributed by atoms with Crippen molar-refractivity contribution >= 4 is 21.7 Å². The summed E-state index contributed by atoms with van der Waals surface area (Å²) in [5.74, 6) is 0.281. The third kappa shape index (κ3) is 3.17. The number of anilines is 1. The van der Waals surface area contributed by atoms with Gasteiger partial charge in [-0.1, -0.05) is 30.3 Å². The van der Waals surface area contributed by atoms with Crippen molar-refractivity contribution in [2.24, 2.45) is 0 Å². The summed E-state index contributed by atoms with van der Waals surface area (Å²) in [5, 5.41) is 19.2. The van der Waals surface area contributed by atoms with Gasteiger partial charge < -0.3 is 5.11 Å². The summed E-state index contributed by atoms with van der Waals surface area (Å²) < 4.78 is 38.8. The van der Waals surface area contributed by atoms with Crippen LogP contribution in [0.25, 0.3) is 11.3 Å². The van der Waals surface area contributed by atoms with Gasteiger partial charge in [-0.3, -0.25) is 15.4 Å². The minimum atomic E-state index is -4.34. The molecule has 1 unspecified atom stereocenters. The molecule has 0 saturated carbocycles. The van der Waals surface area contributed by atoms with Crippen molar-refractivity contribution in [2.75, 3.05) is 12.0 Å². The summed E-state index contributed by atoms with van der Waals surface area (Å²) in [4.78, 5) is 4.14. The van der Waals surface area contributed by atoms with E-state index in [1.165, 1.54) is 0 Å². The Morgan fingerprint density at radius 1 is 1.29 bits per heavy atom. The van der Waals surface area contributed by atoms with Gasteiger partial charge in [-0.2, -0.15) is 18.2 Å². The van der Waals surface area contributed by atoms with E-state index in [0.717, 1.165) is 15.1 Å². The number of halogens is 4. The van der Waals surface area contributed by atoms with Crippen molar-refractivity contribution in [1.29, 1.82) is 5.41 Å². The molecular formula is C14H13BrF3N5O. The van der Waals surface area contributed by atoms with Crippen LogP contribution in [0.2, 0.25) is 0 Å². The number of alkyl halides is 3. The van der Waals surface area contributed by atoms with Gasteiger partial charge in [0.1, 0.15) is 5.82 Å². The van der Waals surface area contributed by atoms with Gasteiger partial charge in [-0.15, -0.1) is 0 Å². The molecule has 1 aromatic carbocycles. The molecule has 0 saturated heterocycles. The maximum atomic E-state index is 12.4. The highest BCUT2D eigenvalue weighted by Gasteiger charge is 2.35. The van der Waals surface area contributed by atoms with Gasteiger partial charge in [0.05, 0.1) is 16.6 Å². The highest BCUT2D eigenvalue weighted by molar-refractivity contribution is 9.10. The van der Waals surface area contributed by atoms with Gasteiger partial charge in [0.25, 0.3) is 0 Å². The van der Waals surface area contributed by atoms with Crippen LogP contribution < -0.4 is 11.0 Å². The first-order valence-corrected chi connectivity index (χ1v) is 7.77. The second-order valence-electron chi connectivity index (χ2n) is 5.20. The van der Waals surface area contributed by atoms with E-state index < -0.39 is 25.5 Å². The van der Waals surface area contributed by atoms with Crippen molar-refractivity contribution in [3.63, 3.8) is 0 Å². The summed E-state index contributed by atoms with van der Waals surface area (Å²) in [6, 6.07) is 9.06. The predicted molar refractivity (Wildman–Crippen MR) is 83.5 cm³/mol. The molecule has 3 N–H and O–H groups in total. The Kier molecular flexibility index (Phi) is 4.37. The SMILES string of the molecule is N=c1nc(-c2ccccc2)c(Br)c2n1C(O)N(CCC(F)(F)F)N2. The predicted octanol–water partition coefficient (Wildman–Crippen LogP) is 2.84. The largest absolute Gasteiger partial charge is 0.390 e. The molecule has 2 heterocycles. The fourth-order valence-corrected chi connectivity index (χ4v) is 3.00. The molecule has 1 atom stereocenters. The van der Waals surface area contributed by atoms with Crippen molar-refractivity contribution in [2.45, 2.75) is 18.9 Å². The Balaban J connectivity index is 1.97. The number of aliphatic hydroxyl groups excluding tert-OH is 1. The van der Waals surface area contributed by atoms with Crippen molar-refractivity contribution in [1.82, 2.24) is 14.6 Å². The van der Waals surface area contributed by atoms with E-state index in [0.29, 0.717) is 10.2 Å². The fourth-order valence-electron chi connectivity index (χ4n) is 2.40. The van der Waals surface area contributed by atoms with Crippen LogP contribution in [0, 0.1) is 5.41 Å². The molecule has 0 aliphatic carbocycles. The molecular weight excluding hydrogens is 391 g/mol. The number of benzene rings is 1. The minimum Gasteiger partial charge on any atom is -0.359 e. The number of hydrazine groups is 1. The first kappa shape index (κ1) is 16.9. The molecule has 6 nitrogen and oxygen atoms in total. The van der Waals surface area contributed by atoms with Gasteiger partial charge >= 0.3 is 6.18 Å². The van der Waals surface area contributed by atoms with E-state index in [-0.39, 0.29) is 11.4 Å². The fraction of sp³-hybridized carbons (Fsp3) is 0.286. The molecule has 128 valence electrons. The first-order chi connectivity index (χ1) is 11.3. The summed E-state index contributed by atoms with van der Waals surface area (Å²) in [7, 11) is 0. The Morgan fingerprint density at radius 2 is 1.96 bits per heavy atom. The number of nitrogens with one attached hydrogen (secondary N) is 2. The average molecular weight is 404 g/mol. The van der Waals surface area contributed by atoms with Gasteiger partial charge in [-0.05, 0) is 15.9 Å². The lowest BCUT2D eigenvalue weighted by Gasteiger charge is -2.20. The number of hydrogen-bond donors (Lipinski definition) is 3. The highest BCUT2D eigenvalue weighted by Crippen LogP contribution is 2.36. The number of rotatable bonds is 3. The van der Waals surface area contributed by atoms with Gasteiger partial charge in [0.2, 0.25) is 12.0 Å². The van der Waals surface area contributed by atoms with Crippen molar-refractivity contribution < 1.29 is 18.3 Å². The molecule has 24 heavy (non-hydrogen) atoms. The van der Waals surface area contributed by atoms with Crippen LogP contribution in [0.3, 0.4) is 0 Å². The lowest BCUT2D eigenvalue weighted by molar-refractivity contribution is -0.144. The van der Waals surface area contributed by atoms with E-state index in [1.807, 2.05) is 18.2 Å². The molecule has 0 fully saturated rings. The summed E-state index contributed by atoms with van der Waals surface area (Å²) >= 11 is 3.36. The zero-order valence-corrected chi connectivity index (χ0v) is 13.8. The Bertz CT molecular complexity index is 809. The van der Waals surface area contributed by atoms with Crippen LogP contribution in [-0.4, -0.2) is 32.4 Å². The van der Waals surface area contributed by atoms with Crippen LogP contribution in [-0.2, 0) is 0 Å². The summed E-state index contributed by atoms with van der Waals surface area (Å²) in [5.41, 5.74) is 3.66. The number of aromatic nitrogens is 2. The van der Waals surface area contributed by atoms with Crippen LogP contribution >= 0.6 is 15.9 Å². The van der Waals surface area contributed by atoms with Crippen LogP contribution in [0.1, 0.15) is 12.8 Å². The van der Waals surface area contributed by atoms with E-state index >= 15 is 0 Å². The van der Waals surface area contributed by atoms with E-state index in [1.54, 1.807) is 12.1 Å². The maximum absolute atomic E-state index is 12.4. The molecule has 0 amide bonds. The Morgan fingerprint density at radius 3 is 2.58 bits per heavy atom. The minimum absolute atomic E-state index is 0.262. The monoisotopic (exact) mass is 403 g/mol. The van der Waals surface area contributed by atoms with Crippen LogP contribution in [0.4, 0.5) is 19.0 Å². The molecule has 2 aromatic rings. The molecule has 3 rings (SSSR count). The molecule has 10 heteroatoms. The number of nitrogens with zero attached hydrogens (tertiary/aromatic N) is 3. The second-order valence-corrected chi connectivity index (χ2v) is 5.99. The first-order valence-electron chi connectivity index (χ1n) is 6.98. The van der Waals surface area contributed by atoms with Crippen molar-refractivity contribution in [3.05, 3.63) is 40.4 Å². The second kappa shape index (κ2) is 6.19. The Hall–Kier alpha value is -1.91. The Labute approximate surface area is 143 Å². The average Bonchev–Trinajstić information content (AvgIpc) is 2.87. The lowest BCUT2D eigenvalue weighted by atomic mass is 10.1. The van der Waals surface area contributed by atoms with E-state index in [9.17, 15) is 18.3 Å². The topological polar surface area (TPSA) is 77.2 Å². The van der Waals surface area contributed by atoms with E-state index in [4.69, 9.17) is 5.41 Å². The van der Waals surface area contributed by atoms with Gasteiger partial charge in [-0.25, -0.2) is 4.98 Å². The summed E-state index contributed by atoms with van der Waals surface area (Å²) in [6.45, 7) is -0.459. The normalized spacial score (nSPS) is 17.6. The molecule has 1 aliphatic rings. The van der Waals surface area contributed by atoms with Crippen molar-refractivity contribution in [3.8, 4) is 11.3 Å². The quantitative estimate of drug-likeness (QED) is 0.736. The molecule has 1 aliphatic heterocycles. The number of aliphatic hydroxyl groups is 1. The summed E-state index contributed by atoms with van der Waals surface area (Å²) in [6.07, 6.45) is -6.87. The molecule has 0 spiro atoms. The van der Waals surface area contributed by atoms with Gasteiger partial charge in [0.15, 0.2) is 0 Å². The molecule has 0 radical (unpaired) electrons. The standard InChI is InChI=1S/C14H13BrF3N5O/c15-9-10(8-4-2-1-3-5-8)20-12(19)23-11(9)21-22(13(23)24)7-6-14(16,17)18/h1-5,13,19,21,24H,6-7H2. The zero-order chi connectivity index (χ0) is 17.5. The van der Waals surface area contributed by atoms with E-state index in [2.05, 4.69) is 26.3 Å². The lowest BCUT2D eigenvalue weighted by Crippen LogP contribution is -2.35. The molecule has 0 bridgehead atoms. The van der Waals surface area contributed by atoms with Gasteiger partial charge in [0, 0.05) is 12.1 Å². The van der Waals surface area contributed by atoms with Crippen LogP contribution in [0.5, 0.6) is 0 Å².